The van der Waals surface area contributed by atoms with Crippen LogP contribution in [-0.2, 0) is 19.1 Å². The number of hydrogen-bond donors (Lipinski definition) is 0. The number of benzene rings is 1. The highest BCUT2D eigenvalue weighted by atomic mass is 16.6. The van der Waals surface area contributed by atoms with Crippen LogP contribution in [-0.4, -0.2) is 39.9 Å². The van der Waals surface area contributed by atoms with E-state index in [2.05, 4.69) is 10.2 Å². The van der Waals surface area contributed by atoms with E-state index in [-0.39, 0.29) is 19.1 Å². The van der Waals surface area contributed by atoms with E-state index < -0.39 is 18.0 Å². The number of carbonyl (C=O) groups excluding carboxylic acids is 2. The Labute approximate surface area is 143 Å². The van der Waals surface area contributed by atoms with Gasteiger partial charge in [-0.05, 0) is 26.0 Å². The second kappa shape index (κ2) is 7.16. The molecule has 2 heterocycles. The third kappa shape index (κ3) is 3.10. The molecule has 0 bridgehead atoms. The maximum atomic E-state index is 12.5. The van der Waals surface area contributed by atoms with Crippen LogP contribution >= 0.6 is 0 Å². The first-order valence-corrected chi connectivity index (χ1v) is 7.87. The van der Waals surface area contributed by atoms with Crippen molar-refractivity contribution in [2.75, 3.05) is 13.2 Å². The molecule has 0 N–H and O–H groups in total. The van der Waals surface area contributed by atoms with Crippen LogP contribution in [0, 0.1) is 0 Å². The fourth-order valence-corrected chi connectivity index (χ4v) is 2.65. The van der Waals surface area contributed by atoms with Crippen molar-refractivity contribution in [1.29, 1.82) is 0 Å². The fraction of sp³-hybridized carbons (Fsp3) is 0.294. The third-order valence-corrected chi connectivity index (χ3v) is 3.61. The molecular weight excluding hydrogens is 326 g/mol. The van der Waals surface area contributed by atoms with Gasteiger partial charge in [0.2, 0.25) is 12.4 Å². The first-order chi connectivity index (χ1) is 12.2. The zero-order chi connectivity index (χ0) is 17.8. The molecule has 0 aliphatic heterocycles. The van der Waals surface area contributed by atoms with E-state index in [0.717, 1.165) is 5.39 Å². The quantitative estimate of drug-likeness (QED) is 0.500. The van der Waals surface area contributed by atoms with Gasteiger partial charge in [0, 0.05) is 5.39 Å². The molecule has 1 aromatic carbocycles. The lowest BCUT2D eigenvalue weighted by Crippen LogP contribution is -2.31. The molecule has 0 spiro atoms. The van der Waals surface area contributed by atoms with Gasteiger partial charge in [0.25, 0.3) is 5.89 Å². The number of hydrogen-bond acceptors (Lipinski definition) is 7. The SMILES string of the molecule is CCOC(=O)C(C(=O)OCC)n1c(-c2nnco2)cc2ccccc21. The summed E-state index contributed by atoms with van der Waals surface area (Å²) in [6, 6.07) is 7.79. The third-order valence-electron chi connectivity index (χ3n) is 3.61. The summed E-state index contributed by atoms with van der Waals surface area (Å²) in [5.74, 6) is -1.22. The lowest BCUT2D eigenvalue weighted by atomic mass is 10.2. The molecule has 3 rings (SSSR count). The van der Waals surface area contributed by atoms with E-state index in [0.29, 0.717) is 11.2 Å². The highest BCUT2D eigenvalue weighted by Gasteiger charge is 2.35. The fourth-order valence-electron chi connectivity index (χ4n) is 2.65. The van der Waals surface area contributed by atoms with E-state index in [4.69, 9.17) is 13.9 Å². The standard InChI is InChI=1S/C17H17N3O5/c1-3-23-16(21)14(17(22)24-4-2)20-12-8-6-5-7-11(12)9-13(20)15-19-18-10-25-15/h5-10,14H,3-4H2,1-2H3. The summed E-state index contributed by atoms with van der Waals surface area (Å²) in [4.78, 5) is 25.0. The van der Waals surface area contributed by atoms with Gasteiger partial charge >= 0.3 is 11.9 Å². The van der Waals surface area contributed by atoms with Crippen molar-refractivity contribution in [3.8, 4) is 11.6 Å². The Hall–Kier alpha value is -3.16. The van der Waals surface area contributed by atoms with Gasteiger partial charge in [-0.2, -0.15) is 0 Å². The number of esters is 2. The molecule has 0 aliphatic carbocycles. The van der Waals surface area contributed by atoms with Crippen LogP contribution in [0.2, 0.25) is 0 Å². The van der Waals surface area contributed by atoms with Crippen molar-refractivity contribution >= 4 is 22.8 Å². The smallest absolute Gasteiger partial charge is 0.340 e. The van der Waals surface area contributed by atoms with Crippen LogP contribution in [0.3, 0.4) is 0 Å². The van der Waals surface area contributed by atoms with Gasteiger partial charge in [-0.3, -0.25) is 0 Å². The van der Waals surface area contributed by atoms with E-state index in [1.165, 1.54) is 11.0 Å². The average molecular weight is 343 g/mol. The normalized spacial score (nSPS) is 11.0. The number of fused-ring (bicyclic) bond motifs is 1. The van der Waals surface area contributed by atoms with E-state index in [9.17, 15) is 9.59 Å². The summed E-state index contributed by atoms with van der Waals surface area (Å²) < 4.78 is 17.0. The van der Waals surface area contributed by atoms with Crippen molar-refractivity contribution in [2.24, 2.45) is 0 Å². The van der Waals surface area contributed by atoms with Crippen LogP contribution in [0.4, 0.5) is 0 Å². The highest BCUT2D eigenvalue weighted by molar-refractivity contribution is 6.00. The van der Waals surface area contributed by atoms with Crippen LogP contribution in [0.1, 0.15) is 19.9 Å². The Kier molecular flexibility index (Phi) is 4.78. The minimum Gasteiger partial charge on any atom is -0.464 e. The van der Waals surface area contributed by atoms with Gasteiger partial charge < -0.3 is 18.5 Å². The Morgan fingerprint density at radius 3 is 2.44 bits per heavy atom. The van der Waals surface area contributed by atoms with Gasteiger partial charge in [-0.1, -0.05) is 18.2 Å². The van der Waals surface area contributed by atoms with Crippen molar-refractivity contribution in [2.45, 2.75) is 19.9 Å². The number of aromatic nitrogens is 3. The predicted molar refractivity (Wildman–Crippen MR) is 87.5 cm³/mol. The summed E-state index contributed by atoms with van der Waals surface area (Å²) >= 11 is 0. The Balaban J connectivity index is 2.23. The lowest BCUT2D eigenvalue weighted by Gasteiger charge is -2.18. The topological polar surface area (TPSA) is 96.5 Å². The number of para-hydroxylation sites is 1. The van der Waals surface area contributed by atoms with Crippen molar-refractivity contribution in [3.05, 3.63) is 36.7 Å². The summed E-state index contributed by atoms with van der Waals surface area (Å²) in [5.41, 5.74) is 1.09. The Morgan fingerprint density at radius 2 is 1.84 bits per heavy atom. The summed E-state index contributed by atoms with van der Waals surface area (Å²) in [7, 11) is 0. The van der Waals surface area contributed by atoms with Gasteiger partial charge in [-0.15, -0.1) is 10.2 Å². The van der Waals surface area contributed by atoms with Crippen LogP contribution in [0.15, 0.2) is 41.1 Å². The van der Waals surface area contributed by atoms with Crippen LogP contribution in [0.25, 0.3) is 22.5 Å². The second-order valence-corrected chi connectivity index (χ2v) is 5.11. The molecule has 0 amide bonds. The molecule has 3 aromatic rings. The van der Waals surface area contributed by atoms with Gasteiger partial charge in [-0.25, -0.2) is 9.59 Å². The maximum Gasteiger partial charge on any atom is 0.340 e. The Morgan fingerprint density at radius 1 is 1.16 bits per heavy atom. The van der Waals surface area contributed by atoms with E-state index >= 15 is 0 Å². The number of rotatable bonds is 6. The molecule has 0 aliphatic rings. The molecule has 25 heavy (non-hydrogen) atoms. The minimum atomic E-state index is -1.30. The van der Waals surface area contributed by atoms with Gasteiger partial charge in [0.05, 0.1) is 18.7 Å². The first kappa shape index (κ1) is 16.7. The van der Waals surface area contributed by atoms with Crippen molar-refractivity contribution < 1.29 is 23.5 Å². The zero-order valence-corrected chi connectivity index (χ0v) is 13.8. The molecule has 8 nitrogen and oxygen atoms in total. The lowest BCUT2D eigenvalue weighted by molar-refractivity contribution is -0.160. The monoisotopic (exact) mass is 343 g/mol. The van der Waals surface area contributed by atoms with Crippen LogP contribution < -0.4 is 0 Å². The second-order valence-electron chi connectivity index (χ2n) is 5.11. The van der Waals surface area contributed by atoms with Crippen molar-refractivity contribution in [3.63, 3.8) is 0 Å². The maximum absolute atomic E-state index is 12.5. The summed E-state index contributed by atoms with van der Waals surface area (Å²) in [6.45, 7) is 3.63. The first-order valence-electron chi connectivity index (χ1n) is 7.87. The minimum absolute atomic E-state index is 0.143. The van der Waals surface area contributed by atoms with E-state index in [1.807, 2.05) is 18.2 Å². The molecule has 8 heteroatoms. The molecule has 0 radical (unpaired) electrons. The molecule has 130 valence electrons. The summed E-state index contributed by atoms with van der Waals surface area (Å²) in [5, 5.41) is 8.38. The predicted octanol–water partition coefficient (Wildman–Crippen LogP) is 2.36. The molecule has 2 aromatic heterocycles. The number of nitrogens with zero attached hydrogens (tertiary/aromatic N) is 3. The number of carbonyl (C=O) groups is 2. The molecule has 0 fully saturated rings. The Bertz CT molecular complexity index is 867. The molecule has 0 saturated heterocycles. The van der Waals surface area contributed by atoms with Crippen LogP contribution in [0.5, 0.6) is 0 Å². The van der Waals surface area contributed by atoms with E-state index in [1.54, 1.807) is 26.0 Å². The highest BCUT2D eigenvalue weighted by Crippen LogP contribution is 2.31. The van der Waals surface area contributed by atoms with Crippen molar-refractivity contribution in [1.82, 2.24) is 14.8 Å². The number of ether oxygens (including phenoxy) is 2. The zero-order valence-electron chi connectivity index (χ0n) is 13.8. The van der Waals surface area contributed by atoms with Gasteiger partial charge in [0.15, 0.2) is 0 Å². The molecule has 0 atom stereocenters. The molecule has 0 unspecified atom stereocenters. The largest absolute Gasteiger partial charge is 0.464 e. The summed E-state index contributed by atoms with van der Waals surface area (Å²) in [6.07, 6.45) is 1.18. The average Bonchev–Trinajstić information content (AvgIpc) is 3.24. The molecule has 0 saturated carbocycles. The molecular formula is C17H17N3O5. The van der Waals surface area contributed by atoms with Gasteiger partial charge in [0.1, 0.15) is 5.69 Å².